The van der Waals surface area contributed by atoms with Crippen LogP contribution in [0.25, 0.3) is 0 Å². The standard InChI is InChI=1S/C23H26N2O4/c1-5-18-20(22(26)28-6-2)21(25-23(27)24-18)16-9-11-17(12-10-16)29-19-13-14(3)7-8-15(19)4/h7-13,21H,5-6H2,1-4H3,(H2,24,25,27). The van der Waals surface area contributed by atoms with Crippen molar-refractivity contribution in [1.29, 1.82) is 0 Å². The van der Waals surface area contributed by atoms with Gasteiger partial charge < -0.3 is 20.1 Å². The predicted molar refractivity (Wildman–Crippen MR) is 111 cm³/mol. The van der Waals surface area contributed by atoms with E-state index >= 15 is 0 Å². The number of hydrogen-bond donors (Lipinski definition) is 2. The molecular formula is C23H26N2O4. The smallest absolute Gasteiger partial charge is 0.338 e. The van der Waals surface area contributed by atoms with Crippen LogP contribution in [0.2, 0.25) is 0 Å². The number of carbonyl (C=O) groups excluding carboxylic acids is 2. The Balaban J connectivity index is 1.89. The molecule has 0 aliphatic carbocycles. The van der Waals surface area contributed by atoms with E-state index < -0.39 is 12.0 Å². The Hall–Kier alpha value is -3.28. The topological polar surface area (TPSA) is 76.7 Å². The number of nitrogens with one attached hydrogen (secondary N) is 2. The van der Waals surface area contributed by atoms with Gasteiger partial charge in [0.15, 0.2) is 0 Å². The molecule has 29 heavy (non-hydrogen) atoms. The van der Waals surface area contributed by atoms with Gasteiger partial charge in [0.05, 0.1) is 18.2 Å². The molecule has 2 aromatic carbocycles. The van der Waals surface area contributed by atoms with Gasteiger partial charge in [-0.15, -0.1) is 0 Å². The number of hydrogen-bond acceptors (Lipinski definition) is 4. The number of rotatable bonds is 6. The quantitative estimate of drug-likeness (QED) is 0.698. The van der Waals surface area contributed by atoms with Gasteiger partial charge in [0.2, 0.25) is 0 Å². The Bertz CT molecular complexity index is 948. The van der Waals surface area contributed by atoms with E-state index in [1.165, 1.54) is 0 Å². The lowest BCUT2D eigenvalue weighted by molar-refractivity contribution is -0.139. The SMILES string of the molecule is CCOC(=O)C1=C(CC)NC(=O)NC1c1ccc(Oc2cc(C)ccc2C)cc1. The fourth-order valence-corrected chi connectivity index (χ4v) is 3.27. The third-order valence-electron chi connectivity index (χ3n) is 4.79. The molecule has 2 amide bonds. The zero-order valence-electron chi connectivity index (χ0n) is 17.2. The fraction of sp³-hybridized carbons (Fsp3) is 0.304. The van der Waals surface area contributed by atoms with E-state index in [9.17, 15) is 9.59 Å². The highest BCUT2D eigenvalue weighted by Gasteiger charge is 2.33. The van der Waals surface area contributed by atoms with Crippen LogP contribution >= 0.6 is 0 Å². The van der Waals surface area contributed by atoms with E-state index in [0.29, 0.717) is 23.4 Å². The molecule has 0 spiro atoms. The highest BCUT2D eigenvalue weighted by molar-refractivity contribution is 5.95. The average Bonchev–Trinajstić information content (AvgIpc) is 2.70. The summed E-state index contributed by atoms with van der Waals surface area (Å²) in [7, 11) is 0. The van der Waals surface area contributed by atoms with E-state index in [1.54, 1.807) is 6.92 Å². The third-order valence-corrected chi connectivity index (χ3v) is 4.79. The lowest BCUT2D eigenvalue weighted by Crippen LogP contribution is -2.45. The third kappa shape index (κ3) is 4.59. The van der Waals surface area contributed by atoms with Crippen LogP contribution in [0.4, 0.5) is 4.79 Å². The van der Waals surface area contributed by atoms with Gasteiger partial charge in [-0.25, -0.2) is 9.59 Å². The van der Waals surface area contributed by atoms with Crippen LogP contribution in [0.1, 0.15) is 43.0 Å². The Labute approximate surface area is 170 Å². The maximum Gasteiger partial charge on any atom is 0.338 e. The van der Waals surface area contributed by atoms with Gasteiger partial charge in [-0.05, 0) is 62.1 Å². The van der Waals surface area contributed by atoms with Crippen LogP contribution in [-0.2, 0) is 9.53 Å². The number of aryl methyl sites for hydroxylation is 2. The number of benzene rings is 2. The van der Waals surface area contributed by atoms with Crippen molar-refractivity contribution in [3.8, 4) is 11.5 Å². The maximum atomic E-state index is 12.5. The largest absolute Gasteiger partial charge is 0.463 e. The van der Waals surface area contributed by atoms with Crippen LogP contribution in [0.5, 0.6) is 11.5 Å². The first-order valence-electron chi connectivity index (χ1n) is 9.75. The van der Waals surface area contributed by atoms with Crippen LogP contribution < -0.4 is 15.4 Å². The monoisotopic (exact) mass is 394 g/mol. The summed E-state index contributed by atoms with van der Waals surface area (Å²) < 4.78 is 11.2. The highest BCUT2D eigenvalue weighted by atomic mass is 16.5. The molecule has 1 unspecified atom stereocenters. The van der Waals surface area contributed by atoms with Gasteiger partial charge in [0, 0.05) is 5.70 Å². The Morgan fingerprint density at radius 3 is 2.45 bits per heavy atom. The molecular weight excluding hydrogens is 368 g/mol. The second-order valence-electron chi connectivity index (χ2n) is 6.94. The number of ether oxygens (including phenoxy) is 2. The zero-order chi connectivity index (χ0) is 21.0. The summed E-state index contributed by atoms with van der Waals surface area (Å²) in [6.07, 6.45) is 0.520. The zero-order valence-corrected chi connectivity index (χ0v) is 17.2. The number of esters is 1. The van der Waals surface area contributed by atoms with Crippen molar-refractivity contribution in [3.63, 3.8) is 0 Å². The Morgan fingerprint density at radius 2 is 1.79 bits per heavy atom. The van der Waals surface area contributed by atoms with Crippen molar-refractivity contribution in [2.24, 2.45) is 0 Å². The van der Waals surface area contributed by atoms with Gasteiger partial charge in [0.1, 0.15) is 11.5 Å². The Kier molecular flexibility index (Phi) is 6.22. The summed E-state index contributed by atoms with van der Waals surface area (Å²) in [6.45, 7) is 7.93. The molecule has 1 atom stereocenters. The van der Waals surface area contributed by atoms with Crippen molar-refractivity contribution in [3.05, 3.63) is 70.4 Å². The van der Waals surface area contributed by atoms with Gasteiger partial charge >= 0.3 is 12.0 Å². The minimum absolute atomic E-state index is 0.266. The summed E-state index contributed by atoms with van der Waals surface area (Å²) in [4.78, 5) is 24.6. The molecule has 0 radical (unpaired) electrons. The summed E-state index contributed by atoms with van der Waals surface area (Å²) in [6, 6.07) is 12.5. The summed E-state index contributed by atoms with van der Waals surface area (Å²) >= 11 is 0. The van der Waals surface area contributed by atoms with Crippen LogP contribution in [-0.4, -0.2) is 18.6 Å². The fourth-order valence-electron chi connectivity index (χ4n) is 3.27. The number of urea groups is 1. The molecule has 2 N–H and O–H groups in total. The van der Waals surface area contributed by atoms with E-state index in [1.807, 2.05) is 63.2 Å². The highest BCUT2D eigenvalue weighted by Crippen LogP contribution is 2.31. The molecule has 152 valence electrons. The summed E-state index contributed by atoms with van der Waals surface area (Å²) in [5.74, 6) is 1.05. The van der Waals surface area contributed by atoms with E-state index in [0.717, 1.165) is 22.4 Å². The molecule has 2 aromatic rings. The first kappa shape index (κ1) is 20.5. The van der Waals surface area contributed by atoms with Crippen LogP contribution in [0.3, 0.4) is 0 Å². The summed E-state index contributed by atoms with van der Waals surface area (Å²) in [5.41, 5.74) is 3.95. The minimum Gasteiger partial charge on any atom is -0.463 e. The molecule has 0 aromatic heterocycles. The van der Waals surface area contributed by atoms with Crippen molar-refractivity contribution in [2.75, 3.05) is 6.61 Å². The van der Waals surface area contributed by atoms with Crippen LogP contribution in [0.15, 0.2) is 53.7 Å². The number of carbonyl (C=O) groups is 2. The first-order chi connectivity index (χ1) is 13.9. The lowest BCUT2D eigenvalue weighted by Gasteiger charge is -2.29. The van der Waals surface area contributed by atoms with E-state index in [2.05, 4.69) is 10.6 Å². The van der Waals surface area contributed by atoms with Crippen LogP contribution in [0, 0.1) is 13.8 Å². The first-order valence-corrected chi connectivity index (χ1v) is 9.75. The Morgan fingerprint density at radius 1 is 1.07 bits per heavy atom. The molecule has 1 aliphatic rings. The van der Waals surface area contributed by atoms with Crippen molar-refractivity contribution in [2.45, 2.75) is 40.2 Å². The molecule has 6 nitrogen and oxygen atoms in total. The second kappa shape index (κ2) is 8.82. The van der Waals surface area contributed by atoms with E-state index in [-0.39, 0.29) is 12.6 Å². The van der Waals surface area contributed by atoms with Gasteiger partial charge in [-0.2, -0.15) is 0 Å². The number of allylic oxidation sites excluding steroid dienone is 1. The normalized spacial score (nSPS) is 16.1. The molecule has 0 bridgehead atoms. The molecule has 6 heteroatoms. The molecule has 0 saturated heterocycles. The van der Waals surface area contributed by atoms with Crippen molar-refractivity contribution in [1.82, 2.24) is 10.6 Å². The summed E-state index contributed by atoms with van der Waals surface area (Å²) in [5, 5.41) is 5.54. The van der Waals surface area contributed by atoms with Crippen molar-refractivity contribution >= 4 is 12.0 Å². The molecule has 0 saturated carbocycles. The second-order valence-corrected chi connectivity index (χ2v) is 6.94. The maximum absolute atomic E-state index is 12.5. The minimum atomic E-state index is -0.576. The molecule has 3 rings (SSSR count). The molecule has 1 heterocycles. The molecule has 0 fully saturated rings. The average molecular weight is 394 g/mol. The molecule has 1 aliphatic heterocycles. The number of amides is 2. The predicted octanol–water partition coefficient (Wildman–Crippen LogP) is 4.68. The van der Waals surface area contributed by atoms with E-state index in [4.69, 9.17) is 9.47 Å². The van der Waals surface area contributed by atoms with Gasteiger partial charge in [-0.1, -0.05) is 31.2 Å². The van der Waals surface area contributed by atoms with Crippen molar-refractivity contribution < 1.29 is 19.1 Å². The lowest BCUT2D eigenvalue weighted by atomic mass is 9.94. The van der Waals surface area contributed by atoms with Gasteiger partial charge in [-0.3, -0.25) is 0 Å². The van der Waals surface area contributed by atoms with Gasteiger partial charge in [0.25, 0.3) is 0 Å².